The summed E-state index contributed by atoms with van der Waals surface area (Å²) in [4.78, 5) is 12.6. The van der Waals surface area contributed by atoms with Gasteiger partial charge in [0.05, 0.1) is 5.69 Å². The van der Waals surface area contributed by atoms with Crippen LogP contribution in [0.1, 0.15) is 15.9 Å². The van der Waals surface area contributed by atoms with Gasteiger partial charge in [0, 0.05) is 5.56 Å². The molecule has 26 heavy (non-hydrogen) atoms. The molecule has 1 N–H and O–H groups in total. The number of fused-ring (bicyclic) bond motifs is 1. The molecule has 0 atom stereocenters. The number of carbonyl (C=O) groups is 1. The van der Waals surface area contributed by atoms with E-state index in [0.29, 0.717) is 34.2 Å². The normalized spacial score (nSPS) is 11.9. The zero-order chi connectivity index (χ0) is 17.9. The van der Waals surface area contributed by atoms with Crippen LogP contribution in [0, 0.1) is 6.92 Å². The number of hydrogen-bond donors (Lipinski definition) is 1. The number of benzene rings is 3. The Morgan fingerprint density at radius 2 is 1.73 bits per heavy atom. The molecule has 3 aromatic rings. The molecule has 0 aromatic heterocycles. The number of rotatable bonds is 4. The van der Waals surface area contributed by atoms with Crippen molar-refractivity contribution in [3.63, 3.8) is 0 Å². The van der Waals surface area contributed by atoms with Crippen LogP contribution in [0.2, 0.25) is 0 Å². The van der Waals surface area contributed by atoms with Gasteiger partial charge in [-0.3, -0.25) is 4.79 Å². The van der Waals surface area contributed by atoms with Gasteiger partial charge in [0.25, 0.3) is 5.91 Å². The maximum atomic E-state index is 12.6. The summed E-state index contributed by atoms with van der Waals surface area (Å²) in [6.07, 6.45) is 0. The third-order valence-corrected chi connectivity index (χ3v) is 4.02. The molecule has 1 heterocycles. The van der Waals surface area contributed by atoms with E-state index >= 15 is 0 Å². The fourth-order valence-electron chi connectivity index (χ4n) is 2.62. The zero-order valence-electron chi connectivity index (χ0n) is 14.2. The average molecular weight is 347 g/mol. The van der Waals surface area contributed by atoms with Crippen molar-refractivity contribution in [2.75, 3.05) is 12.1 Å². The number of hydrogen-bond acceptors (Lipinski definition) is 4. The molecule has 0 aliphatic carbocycles. The van der Waals surface area contributed by atoms with E-state index in [-0.39, 0.29) is 12.7 Å². The van der Waals surface area contributed by atoms with E-state index in [1.165, 1.54) is 0 Å². The molecule has 1 aliphatic rings. The highest BCUT2D eigenvalue weighted by atomic mass is 16.7. The van der Waals surface area contributed by atoms with Gasteiger partial charge in [-0.15, -0.1) is 0 Å². The Morgan fingerprint density at radius 1 is 0.962 bits per heavy atom. The molecule has 5 heteroatoms. The molecule has 1 aliphatic heterocycles. The standard InChI is InChI=1S/C21H17NO4/c1-14-6-9-16(10-7-14)26-18-5-3-2-4-17(18)22-21(23)15-8-11-19-20(12-15)25-13-24-19/h2-12H,13H2,1H3,(H,22,23). The lowest BCUT2D eigenvalue weighted by atomic mass is 10.2. The molecular formula is C21H17NO4. The van der Waals surface area contributed by atoms with Crippen LogP contribution in [-0.4, -0.2) is 12.7 Å². The van der Waals surface area contributed by atoms with E-state index in [4.69, 9.17) is 14.2 Å². The highest BCUT2D eigenvalue weighted by Crippen LogP contribution is 2.33. The predicted molar refractivity (Wildman–Crippen MR) is 98.2 cm³/mol. The van der Waals surface area contributed by atoms with Crippen LogP contribution in [0.5, 0.6) is 23.0 Å². The fourth-order valence-corrected chi connectivity index (χ4v) is 2.62. The number of ether oxygens (including phenoxy) is 3. The van der Waals surface area contributed by atoms with E-state index in [1.807, 2.05) is 49.4 Å². The maximum Gasteiger partial charge on any atom is 0.255 e. The van der Waals surface area contributed by atoms with Gasteiger partial charge in [0.15, 0.2) is 17.2 Å². The molecule has 0 saturated heterocycles. The number of nitrogens with one attached hydrogen (secondary N) is 1. The van der Waals surface area contributed by atoms with Crippen LogP contribution in [0.25, 0.3) is 0 Å². The Balaban J connectivity index is 1.54. The lowest BCUT2D eigenvalue weighted by Gasteiger charge is -2.12. The quantitative estimate of drug-likeness (QED) is 0.739. The molecule has 0 fully saturated rings. The van der Waals surface area contributed by atoms with Crippen LogP contribution in [0.3, 0.4) is 0 Å². The van der Waals surface area contributed by atoms with Gasteiger partial charge in [-0.25, -0.2) is 0 Å². The molecule has 0 bridgehead atoms. The van der Waals surface area contributed by atoms with Crippen LogP contribution in [0.4, 0.5) is 5.69 Å². The van der Waals surface area contributed by atoms with E-state index < -0.39 is 0 Å². The summed E-state index contributed by atoms with van der Waals surface area (Å²) in [5.74, 6) is 2.25. The van der Waals surface area contributed by atoms with Gasteiger partial charge in [-0.1, -0.05) is 29.8 Å². The zero-order valence-corrected chi connectivity index (χ0v) is 14.2. The highest BCUT2D eigenvalue weighted by Gasteiger charge is 2.17. The fraction of sp³-hybridized carbons (Fsp3) is 0.0952. The van der Waals surface area contributed by atoms with Crippen molar-refractivity contribution in [1.29, 1.82) is 0 Å². The largest absolute Gasteiger partial charge is 0.455 e. The topological polar surface area (TPSA) is 56.8 Å². The van der Waals surface area contributed by atoms with Crippen molar-refractivity contribution in [1.82, 2.24) is 0 Å². The molecule has 0 unspecified atom stereocenters. The average Bonchev–Trinajstić information content (AvgIpc) is 3.13. The second-order valence-corrected chi connectivity index (χ2v) is 5.93. The van der Waals surface area contributed by atoms with Crippen molar-refractivity contribution in [3.8, 4) is 23.0 Å². The Bertz CT molecular complexity index is 950. The maximum absolute atomic E-state index is 12.6. The van der Waals surface area contributed by atoms with Crippen molar-refractivity contribution < 1.29 is 19.0 Å². The summed E-state index contributed by atoms with van der Waals surface area (Å²) in [5, 5.41) is 2.89. The van der Waals surface area contributed by atoms with Crippen molar-refractivity contribution in [2.24, 2.45) is 0 Å². The molecule has 0 saturated carbocycles. The van der Waals surface area contributed by atoms with Crippen molar-refractivity contribution >= 4 is 11.6 Å². The molecule has 0 spiro atoms. The summed E-state index contributed by atoms with van der Waals surface area (Å²) in [6.45, 7) is 2.19. The summed E-state index contributed by atoms with van der Waals surface area (Å²) in [7, 11) is 0. The smallest absolute Gasteiger partial charge is 0.255 e. The summed E-state index contributed by atoms with van der Waals surface area (Å²) in [6, 6.07) is 20.2. The molecule has 3 aromatic carbocycles. The Labute approximate surface area is 151 Å². The first kappa shape index (κ1) is 16.0. The molecule has 4 rings (SSSR count). The summed E-state index contributed by atoms with van der Waals surface area (Å²) < 4.78 is 16.5. The molecule has 0 radical (unpaired) electrons. The van der Waals surface area contributed by atoms with Gasteiger partial charge in [-0.2, -0.15) is 0 Å². The van der Waals surface area contributed by atoms with E-state index in [1.54, 1.807) is 24.3 Å². The number of aryl methyl sites for hydroxylation is 1. The first-order valence-electron chi connectivity index (χ1n) is 8.23. The van der Waals surface area contributed by atoms with Gasteiger partial charge in [-0.05, 0) is 49.4 Å². The number of anilines is 1. The number of amides is 1. The third-order valence-electron chi connectivity index (χ3n) is 4.02. The summed E-state index contributed by atoms with van der Waals surface area (Å²) in [5.41, 5.74) is 2.23. The first-order valence-corrected chi connectivity index (χ1v) is 8.23. The van der Waals surface area contributed by atoms with Gasteiger partial charge >= 0.3 is 0 Å². The highest BCUT2D eigenvalue weighted by molar-refractivity contribution is 6.05. The first-order chi connectivity index (χ1) is 12.7. The van der Waals surface area contributed by atoms with Crippen LogP contribution >= 0.6 is 0 Å². The van der Waals surface area contributed by atoms with E-state index in [2.05, 4.69) is 5.32 Å². The van der Waals surface area contributed by atoms with E-state index in [9.17, 15) is 4.79 Å². The minimum atomic E-state index is -0.247. The Kier molecular flexibility index (Phi) is 4.19. The lowest BCUT2D eigenvalue weighted by Crippen LogP contribution is -2.12. The third kappa shape index (κ3) is 3.32. The Hall–Kier alpha value is -3.47. The van der Waals surface area contributed by atoms with Crippen LogP contribution < -0.4 is 19.5 Å². The van der Waals surface area contributed by atoms with Gasteiger partial charge in [0.2, 0.25) is 6.79 Å². The van der Waals surface area contributed by atoms with Crippen LogP contribution in [-0.2, 0) is 0 Å². The monoisotopic (exact) mass is 347 g/mol. The summed E-state index contributed by atoms with van der Waals surface area (Å²) >= 11 is 0. The minimum absolute atomic E-state index is 0.174. The molecule has 1 amide bonds. The van der Waals surface area contributed by atoms with Gasteiger partial charge in [0.1, 0.15) is 5.75 Å². The van der Waals surface area contributed by atoms with Crippen LogP contribution in [0.15, 0.2) is 66.7 Å². The number of para-hydroxylation sites is 2. The predicted octanol–water partition coefficient (Wildman–Crippen LogP) is 4.77. The minimum Gasteiger partial charge on any atom is -0.455 e. The van der Waals surface area contributed by atoms with Gasteiger partial charge < -0.3 is 19.5 Å². The van der Waals surface area contributed by atoms with Crippen molar-refractivity contribution in [2.45, 2.75) is 6.92 Å². The molecule has 130 valence electrons. The lowest BCUT2D eigenvalue weighted by molar-refractivity contribution is 0.102. The molecular weight excluding hydrogens is 330 g/mol. The van der Waals surface area contributed by atoms with E-state index in [0.717, 1.165) is 5.56 Å². The second kappa shape index (κ2) is 6.80. The SMILES string of the molecule is Cc1ccc(Oc2ccccc2NC(=O)c2ccc3c(c2)OCO3)cc1. The second-order valence-electron chi connectivity index (χ2n) is 5.93. The van der Waals surface area contributed by atoms with Crippen molar-refractivity contribution in [3.05, 3.63) is 77.9 Å². The Morgan fingerprint density at radius 3 is 2.58 bits per heavy atom. The molecule has 5 nitrogen and oxygen atoms in total. The number of carbonyl (C=O) groups excluding carboxylic acids is 1.